The molecule has 0 aliphatic rings. The van der Waals surface area contributed by atoms with E-state index in [1.807, 2.05) is 0 Å². The molecule has 0 spiro atoms. The summed E-state index contributed by atoms with van der Waals surface area (Å²) in [5.74, 6) is -2.03. The van der Waals surface area contributed by atoms with Gasteiger partial charge in [-0.2, -0.15) is 0 Å². The number of halogens is 1. The third-order valence-electron chi connectivity index (χ3n) is 2.38. The van der Waals surface area contributed by atoms with Crippen molar-refractivity contribution in [3.8, 4) is 0 Å². The zero-order valence-corrected chi connectivity index (χ0v) is 10.1. The van der Waals surface area contributed by atoms with Crippen molar-refractivity contribution >= 4 is 17.7 Å². The number of nitrogens with one attached hydrogen (secondary N) is 2. The van der Waals surface area contributed by atoms with Crippen molar-refractivity contribution in [1.82, 2.24) is 10.5 Å². The molecule has 0 aliphatic carbocycles. The monoisotopic (exact) mass is 279 g/mol. The summed E-state index contributed by atoms with van der Waals surface area (Å²) in [6.07, 6.45) is 1.36. The van der Waals surface area contributed by atoms with E-state index in [4.69, 9.17) is 5.11 Å². The highest BCUT2D eigenvalue weighted by molar-refractivity contribution is 5.99. The zero-order valence-electron chi connectivity index (χ0n) is 10.1. The van der Waals surface area contributed by atoms with Crippen LogP contribution in [0.15, 0.2) is 35.1 Å². The van der Waals surface area contributed by atoms with E-state index in [0.29, 0.717) is 5.69 Å². The largest absolute Gasteiger partial charge is 0.478 e. The summed E-state index contributed by atoms with van der Waals surface area (Å²) >= 11 is 0. The Morgan fingerprint density at radius 2 is 2.15 bits per heavy atom. The summed E-state index contributed by atoms with van der Waals surface area (Å²) in [7, 11) is 0. The normalized spacial score (nSPS) is 10.1. The maximum absolute atomic E-state index is 13.0. The van der Waals surface area contributed by atoms with E-state index in [0.717, 1.165) is 12.1 Å². The number of carbonyl (C=O) groups is 2. The third-order valence-corrected chi connectivity index (χ3v) is 2.38. The number of urea groups is 1. The van der Waals surface area contributed by atoms with Crippen molar-refractivity contribution in [3.63, 3.8) is 0 Å². The number of hydrogen-bond acceptors (Lipinski definition) is 4. The minimum atomic E-state index is -1.34. The Kier molecular flexibility index (Phi) is 3.94. The molecule has 0 aliphatic heterocycles. The predicted octanol–water partition coefficient (Wildman–Crippen LogP) is 1.83. The Balaban J connectivity index is 2.02. The van der Waals surface area contributed by atoms with Crippen molar-refractivity contribution < 1.29 is 23.6 Å². The van der Waals surface area contributed by atoms with Gasteiger partial charge in [0.05, 0.1) is 17.8 Å². The molecule has 2 aromatic rings. The lowest BCUT2D eigenvalue weighted by Crippen LogP contribution is -2.29. The van der Waals surface area contributed by atoms with Crippen LogP contribution in [0.2, 0.25) is 0 Å². The molecule has 0 saturated heterocycles. The number of benzene rings is 1. The van der Waals surface area contributed by atoms with Gasteiger partial charge in [0.2, 0.25) is 0 Å². The van der Waals surface area contributed by atoms with Gasteiger partial charge in [0.15, 0.2) is 0 Å². The lowest BCUT2D eigenvalue weighted by molar-refractivity contribution is 0.0697. The minimum Gasteiger partial charge on any atom is -0.478 e. The standard InChI is InChI=1S/C12H10FN3O4/c13-7-1-2-10(9(5-7)11(17)18)15-12(19)14-6-8-3-4-20-16-8/h1-5H,6H2,(H,17,18)(H2,14,15,19). The number of carboxylic acid groups (broad SMARTS) is 1. The van der Waals surface area contributed by atoms with Crippen LogP contribution < -0.4 is 10.6 Å². The van der Waals surface area contributed by atoms with Crippen LogP contribution in [-0.2, 0) is 6.54 Å². The number of anilines is 1. The fourth-order valence-corrected chi connectivity index (χ4v) is 1.47. The number of carboxylic acids is 1. The van der Waals surface area contributed by atoms with Crippen molar-refractivity contribution in [2.75, 3.05) is 5.32 Å². The second-order valence-corrected chi connectivity index (χ2v) is 3.79. The van der Waals surface area contributed by atoms with E-state index in [1.54, 1.807) is 6.07 Å². The molecule has 3 N–H and O–H groups in total. The van der Waals surface area contributed by atoms with E-state index in [2.05, 4.69) is 20.3 Å². The van der Waals surface area contributed by atoms with E-state index in [9.17, 15) is 14.0 Å². The van der Waals surface area contributed by atoms with Gasteiger partial charge in [-0.1, -0.05) is 5.16 Å². The van der Waals surface area contributed by atoms with Crippen LogP contribution in [0.4, 0.5) is 14.9 Å². The first-order valence-electron chi connectivity index (χ1n) is 5.53. The molecule has 0 atom stereocenters. The van der Waals surface area contributed by atoms with Crippen molar-refractivity contribution in [2.24, 2.45) is 0 Å². The summed E-state index contributed by atoms with van der Waals surface area (Å²) in [5, 5.41) is 17.3. The quantitative estimate of drug-likeness (QED) is 0.792. The van der Waals surface area contributed by atoms with Crippen molar-refractivity contribution in [1.29, 1.82) is 0 Å². The molecule has 7 nitrogen and oxygen atoms in total. The topological polar surface area (TPSA) is 104 Å². The molecule has 1 aromatic carbocycles. The second kappa shape index (κ2) is 5.83. The van der Waals surface area contributed by atoms with Crippen LogP contribution in [0.1, 0.15) is 16.1 Å². The highest BCUT2D eigenvalue weighted by atomic mass is 19.1. The summed E-state index contributed by atoms with van der Waals surface area (Å²) in [4.78, 5) is 22.5. The first kappa shape index (κ1) is 13.5. The molecule has 104 valence electrons. The maximum Gasteiger partial charge on any atom is 0.337 e. The third kappa shape index (κ3) is 3.31. The summed E-state index contributed by atoms with van der Waals surface area (Å²) < 4.78 is 17.6. The fraction of sp³-hybridized carbons (Fsp3) is 0.0833. The first-order chi connectivity index (χ1) is 9.56. The summed E-state index contributed by atoms with van der Waals surface area (Å²) in [5.41, 5.74) is 0.177. The van der Waals surface area contributed by atoms with Gasteiger partial charge in [0, 0.05) is 6.07 Å². The van der Waals surface area contributed by atoms with Crippen molar-refractivity contribution in [3.05, 3.63) is 47.6 Å². The van der Waals surface area contributed by atoms with Gasteiger partial charge < -0.3 is 20.3 Å². The van der Waals surface area contributed by atoms with Crippen LogP contribution in [0.5, 0.6) is 0 Å². The molecular weight excluding hydrogens is 269 g/mol. The summed E-state index contributed by atoms with van der Waals surface area (Å²) in [6, 6.07) is 3.99. The number of amides is 2. The lowest BCUT2D eigenvalue weighted by atomic mass is 10.2. The van der Waals surface area contributed by atoms with Gasteiger partial charge in [0.1, 0.15) is 17.8 Å². The minimum absolute atomic E-state index is 0.00319. The Morgan fingerprint density at radius 1 is 1.35 bits per heavy atom. The molecule has 2 rings (SSSR count). The Labute approximate surface area is 112 Å². The molecule has 2 amide bonds. The average Bonchev–Trinajstić information content (AvgIpc) is 2.91. The highest BCUT2D eigenvalue weighted by Gasteiger charge is 2.13. The molecule has 20 heavy (non-hydrogen) atoms. The van der Waals surface area contributed by atoms with Crippen LogP contribution in [0.3, 0.4) is 0 Å². The number of hydrogen-bond donors (Lipinski definition) is 3. The van der Waals surface area contributed by atoms with Crippen LogP contribution >= 0.6 is 0 Å². The highest BCUT2D eigenvalue weighted by Crippen LogP contribution is 2.16. The van der Waals surface area contributed by atoms with Gasteiger partial charge in [-0.05, 0) is 18.2 Å². The first-order valence-corrected chi connectivity index (χ1v) is 5.53. The van der Waals surface area contributed by atoms with Gasteiger partial charge >= 0.3 is 12.0 Å². The maximum atomic E-state index is 13.0. The molecule has 0 fully saturated rings. The van der Waals surface area contributed by atoms with Gasteiger partial charge in [-0.15, -0.1) is 0 Å². The Bertz CT molecular complexity index is 628. The van der Waals surface area contributed by atoms with E-state index in [-0.39, 0.29) is 17.8 Å². The van der Waals surface area contributed by atoms with E-state index >= 15 is 0 Å². The van der Waals surface area contributed by atoms with Crippen LogP contribution in [0, 0.1) is 5.82 Å². The smallest absolute Gasteiger partial charge is 0.337 e. The number of nitrogens with zero attached hydrogens (tertiary/aromatic N) is 1. The van der Waals surface area contributed by atoms with Gasteiger partial charge in [-0.3, -0.25) is 0 Å². The van der Waals surface area contributed by atoms with E-state index in [1.165, 1.54) is 12.3 Å². The lowest BCUT2D eigenvalue weighted by Gasteiger charge is -2.09. The van der Waals surface area contributed by atoms with Crippen LogP contribution in [-0.4, -0.2) is 22.3 Å². The van der Waals surface area contributed by atoms with Crippen LogP contribution in [0.25, 0.3) is 0 Å². The average molecular weight is 279 g/mol. The van der Waals surface area contributed by atoms with Gasteiger partial charge in [0.25, 0.3) is 0 Å². The summed E-state index contributed by atoms with van der Waals surface area (Å²) in [6.45, 7) is 0.117. The van der Waals surface area contributed by atoms with Gasteiger partial charge in [-0.25, -0.2) is 14.0 Å². The predicted molar refractivity (Wildman–Crippen MR) is 65.7 cm³/mol. The molecular formula is C12H10FN3O4. The number of aromatic nitrogens is 1. The molecule has 8 heteroatoms. The molecule has 1 aromatic heterocycles. The fourth-order valence-electron chi connectivity index (χ4n) is 1.47. The van der Waals surface area contributed by atoms with Crippen molar-refractivity contribution in [2.45, 2.75) is 6.54 Å². The van der Waals surface area contributed by atoms with E-state index < -0.39 is 17.8 Å². The molecule has 1 heterocycles. The second-order valence-electron chi connectivity index (χ2n) is 3.79. The Morgan fingerprint density at radius 3 is 2.80 bits per heavy atom. The number of carbonyl (C=O) groups excluding carboxylic acids is 1. The molecule has 0 radical (unpaired) electrons. The molecule has 0 bridgehead atoms. The molecule has 0 saturated carbocycles. The number of rotatable bonds is 4. The molecule has 0 unspecified atom stereocenters. The number of aromatic carboxylic acids is 1. The Hall–Kier alpha value is -2.90. The zero-order chi connectivity index (χ0) is 14.5. The SMILES string of the molecule is O=C(NCc1ccon1)Nc1ccc(F)cc1C(=O)O.